The van der Waals surface area contributed by atoms with Crippen LogP contribution >= 0.6 is 0 Å². The van der Waals surface area contributed by atoms with E-state index in [4.69, 9.17) is 5.11 Å². The molecule has 0 radical (unpaired) electrons. The molecule has 5 nitrogen and oxygen atoms in total. The average molecular weight is 237 g/mol. The molecule has 17 heavy (non-hydrogen) atoms. The van der Waals surface area contributed by atoms with Crippen LogP contribution in [0.5, 0.6) is 0 Å². The number of nitrogens with zero attached hydrogens (tertiary/aromatic N) is 2. The van der Waals surface area contributed by atoms with Crippen molar-refractivity contribution in [3.05, 3.63) is 23.4 Å². The van der Waals surface area contributed by atoms with E-state index in [-0.39, 0.29) is 5.56 Å². The van der Waals surface area contributed by atoms with Gasteiger partial charge < -0.3 is 15.3 Å². The first-order valence-corrected chi connectivity index (χ1v) is 5.53. The highest BCUT2D eigenvalue weighted by atomic mass is 16.4. The number of rotatable bonds is 5. The lowest BCUT2D eigenvalue weighted by molar-refractivity contribution is 0.0695. The maximum atomic E-state index is 10.8. The van der Waals surface area contributed by atoms with Gasteiger partial charge in [-0.15, -0.1) is 0 Å². The fourth-order valence-corrected chi connectivity index (χ4v) is 1.32. The van der Waals surface area contributed by atoms with Crippen LogP contribution in [0.15, 0.2) is 12.1 Å². The van der Waals surface area contributed by atoms with Crippen molar-refractivity contribution in [3.8, 4) is 0 Å². The minimum absolute atomic E-state index is 0.246. The predicted molar refractivity (Wildman–Crippen MR) is 67.6 cm³/mol. The number of carboxylic acids is 1. The minimum atomic E-state index is -0.941. The third-order valence-corrected chi connectivity index (χ3v) is 2.78. The van der Waals surface area contributed by atoms with Crippen LogP contribution in [-0.2, 0) is 0 Å². The Hall–Kier alpha value is -1.62. The SMILES string of the molecule is Cc1nc(NCC(C)N(C)C)ccc1C(=O)O. The molecule has 2 N–H and O–H groups in total. The molecule has 0 aliphatic carbocycles. The number of carboxylic acid groups (broad SMARTS) is 1. The highest BCUT2D eigenvalue weighted by Gasteiger charge is 2.09. The Balaban J connectivity index is 2.68. The molecule has 0 amide bonds. The molecular formula is C12H19N3O2. The summed E-state index contributed by atoms with van der Waals surface area (Å²) in [6.07, 6.45) is 0. The fraction of sp³-hybridized carbons (Fsp3) is 0.500. The van der Waals surface area contributed by atoms with Gasteiger partial charge in [0, 0.05) is 12.6 Å². The van der Waals surface area contributed by atoms with Crippen molar-refractivity contribution < 1.29 is 9.90 Å². The van der Waals surface area contributed by atoms with Crippen LogP contribution in [0.25, 0.3) is 0 Å². The Morgan fingerprint density at radius 2 is 2.18 bits per heavy atom. The van der Waals surface area contributed by atoms with Gasteiger partial charge in [0.15, 0.2) is 0 Å². The Bertz CT molecular complexity index is 405. The normalized spacial score (nSPS) is 12.5. The number of carbonyl (C=O) groups is 1. The smallest absolute Gasteiger partial charge is 0.337 e. The number of likely N-dealkylation sites (N-methyl/N-ethyl adjacent to an activating group) is 1. The lowest BCUT2D eigenvalue weighted by Gasteiger charge is -2.20. The van der Waals surface area contributed by atoms with Gasteiger partial charge in [-0.25, -0.2) is 9.78 Å². The van der Waals surface area contributed by atoms with Gasteiger partial charge in [-0.05, 0) is 40.1 Å². The summed E-state index contributed by atoms with van der Waals surface area (Å²) in [5, 5.41) is 12.1. The summed E-state index contributed by atoms with van der Waals surface area (Å²) in [6.45, 7) is 4.57. The number of pyridine rings is 1. The molecule has 1 aromatic heterocycles. The quantitative estimate of drug-likeness (QED) is 0.811. The Kier molecular flexibility index (Phi) is 4.45. The summed E-state index contributed by atoms with van der Waals surface area (Å²) >= 11 is 0. The zero-order chi connectivity index (χ0) is 13.0. The average Bonchev–Trinajstić information content (AvgIpc) is 2.25. The van der Waals surface area contributed by atoms with Gasteiger partial charge in [0.25, 0.3) is 0 Å². The number of aromatic nitrogens is 1. The standard InChI is InChI=1S/C12H19N3O2/c1-8(15(3)4)7-13-11-6-5-10(12(16)17)9(2)14-11/h5-6,8H,7H2,1-4H3,(H,13,14)(H,16,17). The maximum Gasteiger partial charge on any atom is 0.337 e. The molecular weight excluding hydrogens is 218 g/mol. The van der Waals surface area contributed by atoms with Crippen molar-refractivity contribution >= 4 is 11.8 Å². The van der Waals surface area contributed by atoms with Crippen LogP contribution < -0.4 is 5.32 Å². The summed E-state index contributed by atoms with van der Waals surface area (Å²) in [5.74, 6) is -0.232. The van der Waals surface area contributed by atoms with E-state index in [1.165, 1.54) is 0 Å². The van der Waals surface area contributed by atoms with Gasteiger partial charge >= 0.3 is 5.97 Å². The number of nitrogens with one attached hydrogen (secondary N) is 1. The third-order valence-electron chi connectivity index (χ3n) is 2.78. The number of hydrogen-bond donors (Lipinski definition) is 2. The molecule has 1 rings (SSSR count). The van der Waals surface area contributed by atoms with Crippen LogP contribution in [0.4, 0.5) is 5.82 Å². The number of aromatic carboxylic acids is 1. The van der Waals surface area contributed by atoms with E-state index in [0.29, 0.717) is 17.6 Å². The Morgan fingerprint density at radius 3 is 2.65 bits per heavy atom. The first-order chi connectivity index (χ1) is 7.91. The number of aryl methyl sites for hydroxylation is 1. The van der Waals surface area contributed by atoms with E-state index in [2.05, 4.69) is 22.1 Å². The van der Waals surface area contributed by atoms with E-state index < -0.39 is 5.97 Å². The van der Waals surface area contributed by atoms with Crippen LogP contribution in [-0.4, -0.2) is 47.6 Å². The van der Waals surface area contributed by atoms with Gasteiger partial charge in [-0.3, -0.25) is 0 Å². The lowest BCUT2D eigenvalue weighted by atomic mass is 10.2. The molecule has 0 aliphatic rings. The second kappa shape index (κ2) is 5.63. The molecule has 0 bridgehead atoms. The monoisotopic (exact) mass is 237 g/mol. The molecule has 1 heterocycles. The zero-order valence-corrected chi connectivity index (χ0v) is 10.7. The van der Waals surface area contributed by atoms with Crippen LogP contribution in [0.1, 0.15) is 23.0 Å². The highest BCUT2D eigenvalue weighted by molar-refractivity contribution is 5.89. The molecule has 0 saturated carbocycles. The first-order valence-electron chi connectivity index (χ1n) is 5.53. The lowest BCUT2D eigenvalue weighted by Crippen LogP contribution is -2.31. The molecule has 1 aromatic rings. The zero-order valence-electron chi connectivity index (χ0n) is 10.7. The van der Waals surface area contributed by atoms with Crippen molar-refractivity contribution in [1.82, 2.24) is 9.88 Å². The maximum absolute atomic E-state index is 10.8. The summed E-state index contributed by atoms with van der Waals surface area (Å²) in [4.78, 5) is 17.1. The van der Waals surface area contributed by atoms with Crippen LogP contribution in [0.3, 0.4) is 0 Å². The molecule has 5 heteroatoms. The van der Waals surface area contributed by atoms with Crippen LogP contribution in [0.2, 0.25) is 0 Å². The predicted octanol–water partition coefficient (Wildman–Crippen LogP) is 1.45. The van der Waals surface area contributed by atoms with E-state index in [0.717, 1.165) is 6.54 Å². The highest BCUT2D eigenvalue weighted by Crippen LogP contribution is 2.10. The third kappa shape index (κ3) is 3.71. The number of hydrogen-bond acceptors (Lipinski definition) is 4. The molecule has 0 saturated heterocycles. The second-order valence-electron chi connectivity index (χ2n) is 4.33. The van der Waals surface area contributed by atoms with Gasteiger partial charge in [0.2, 0.25) is 0 Å². The fourth-order valence-electron chi connectivity index (χ4n) is 1.32. The summed E-state index contributed by atoms with van der Waals surface area (Å²) < 4.78 is 0. The van der Waals surface area contributed by atoms with E-state index in [9.17, 15) is 4.79 Å². The summed E-state index contributed by atoms with van der Waals surface area (Å²) in [6, 6.07) is 3.66. The van der Waals surface area contributed by atoms with Crippen molar-refractivity contribution in [2.24, 2.45) is 0 Å². The van der Waals surface area contributed by atoms with E-state index in [1.54, 1.807) is 19.1 Å². The minimum Gasteiger partial charge on any atom is -0.478 e. The second-order valence-corrected chi connectivity index (χ2v) is 4.33. The molecule has 0 aliphatic heterocycles. The van der Waals surface area contributed by atoms with Crippen molar-refractivity contribution in [2.75, 3.05) is 26.0 Å². The van der Waals surface area contributed by atoms with Gasteiger partial charge in [-0.2, -0.15) is 0 Å². The molecule has 94 valence electrons. The van der Waals surface area contributed by atoms with Gasteiger partial charge in [0.05, 0.1) is 11.3 Å². The molecule has 0 spiro atoms. The van der Waals surface area contributed by atoms with Crippen LogP contribution in [0, 0.1) is 6.92 Å². The van der Waals surface area contributed by atoms with Gasteiger partial charge in [-0.1, -0.05) is 0 Å². The van der Waals surface area contributed by atoms with E-state index in [1.807, 2.05) is 14.1 Å². The molecule has 0 aromatic carbocycles. The van der Waals surface area contributed by atoms with Crippen molar-refractivity contribution in [3.63, 3.8) is 0 Å². The number of anilines is 1. The van der Waals surface area contributed by atoms with Crippen molar-refractivity contribution in [1.29, 1.82) is 0 Å². The van der Waals surface area contributed by atoms with E-state index >= 15 is 0 Å². The molecule has 0 fully saturated rings. The Labute approximate surface area is 101 Å². The Morgan fingerprint density at radius 1 is 1.53 bits per heavy atom. The summed E-state index contributed by atoms with van der Waals surface area (Å²) in [7, 11) is 4.02. The topological polar surface area (TPSA) is 65.5 Å². The first kappa shape index (κ1) is 13.4. The molecule has 1 unspecified atom stereocenters. The largest absolute Gasteiger partial charge is 0.478 e. The molecule has 1 atom stereocenters. The van der Waals surface area contributed by atoms with Crippen molar-refractivity contribution in [2.45, 2.75) is 19.9 Å². The summed E-state index contributed by atoms with van der Waals surface area (Å²) in [5.41, 5.74) is 0.774. The van der Waals surface area contributed by atoms with Gasteiger partial charge in [0.1, 0.15) is 5.82 Å².